The minimum Gasteiger partial charge on any atom is -0.469 e. The molecule has 0 radical (unpaired) electrons. The average molecular weight is 308 g/mol. The molecule has 0 aromatic carbocycles. The van der Waals surface area contributed by atoms with Crippen LogP contribution in [0, 0.1) is 5.92 Å². The first kappa shape index (κ1) is 14.5. The predicted octanol–water partition coefficient (Wildman–Crippen LogP) is 1.34. The second-order valence-electron chi connectivity index (χ2n) is 5.84. The lowest BCUT2D eigenvalue weighted by Crippen LogP contribution is -2.52. The Balaban J connectivity index is 1.93. The maximum Gasteiger partial charge on any atom is 0.309 e. The van der Waals surface area contributed by atoms with Gasteiger partial charge in [-0.25, -0.2) is 0 Å². The SMILES string of the molecule is COC(=O)[C@H]1C[C@@H]2CC[C@H]([C@H]1c1cccs1)N2CC(N)=O. The van der Waals surface area contributed by atoms with Crippen LogP contribution in [0.2, 0.25) is 0 Å². The van der Waals surface area contributed by atoms with Crippen molar-refractivity contribution in [2.45, 2.75) is 37.3 Å². The number of methoxy groups -OCH3 is 1. The average Bonchev–Trinajstić information content (AvgIpc) is 3.06. The molecule has 3 rings (SSSR count). The van der Waals surface area contributed by atoms with Crippen molar-refractivity contribution in [3.05, 3.63) is 22.4 Å². The van der Waals surface area contributed by atoms with Gasteiger partial charge in [0.15, 0.2) is 0 Å². The monoisotopic (exact) mass is 308 g/mol. The first-order chi connectivity index (χ1) is 10.1. The van der Waals surface area contributed by atoms with E-state index in [1.807, 2.05) is 11.4 Å². The van der Waals surface area contributed by atoms with Crippen LogP contribution in [-0.4, -0.2) is 42.5 Å². The number of thiophene rings is 1. The van der Waals surface area contributed by atoms with Gasteiger partial charge in [-0.1, -0.05) is 6.07 Å². The maximum atomic E-state index is 12.2. The fourth-order valence-electron chi connectivity index (χ4n) is 4.00. The van der Waals surface area contributed by atoms with Crippen molar-refractivity contribution in [3.63, 3.8) is 0 Å². The number of hydrogen-bond acceptors (Lipinski definition) is 5. The third-order valence-corrected chi connectivity index (χ3v) is 5.75. The molecule has 6 heteroatoms. The Kier molecular flexibility index (Phi) is 3.99. The highest BCUT2D eigenvalue weighted by Crippen LogP contribution is 2.48. The van der Waals surface area contributed by atoms with Crippen molar-refractivity contribution < 1.29 is 14.3 Å². The van der Waals surface area contributed by atoms with Gasteiger partial charge < -0.3 is 10.5 Å². The summed E-state index contributed by atoms with van der Waals surface area (Å²) in [5, 5.41) is 2.03. The molecular formula is C15H20N2O3S. The molecule has 21 heavy (non-hydrogen) atoms. The Labute approximate surface area is 128 Å². The fourth-order valence-corrected chi connectivity index (χ4v) is 4.95. The number of carbonyl (C=O) groups is 2. The lowest BCUT2D eigenvalue weighted by molar-refractivity contribution is -0.149. The van der Waals surface area contributed by atoms with E-state index in [1.54, 1.807) is 11.3 Å². The molecule has 2 saturated heterocycles. The second-order valence-corrected chi connectivity index (χ2v) is 6.82. The smallest absolute Gasteiger partial charge is 0.309 e. The lowest BCUT2D eigenvalue weighted by Gasteiger charge is -2.42. The number of fused-ring (bicyclic) bond motifs is 2. The molecule has 2 bridgehead atoms. The van der Waals surface area contributed by atoms with Gasteiger partial charge in [-0.2, -0.15) is 0 Å². The van der Waals surface area contributed by atoms with Gasteiger partial charge in [0.2, 0.25) is 5.91 Å². The van der Waals surface area contributed by atoms with E-state index in [4.69, 9.17) is 10.5 Å². The number of rotatable bonds is 4. The Hall–Kier alpha value is -1.40. The van der Waals surface area contributed by atoms with Crippen molar-refractivity contribution in [3.8, 4) is 0 Å². The summed E-state index contributed by atoms with van der Waals surface area (Å²) in [6.07, 6.45) is 2.78. The Morgan fingerprint density at radius 2 is 2.29 bits per heavy atom. The van der Waals surface area contributed by atoms with Crippen LogP contribution in [0.1, 0.15) is 30.1 Å². The van der Waals surface area contributed by atoms with Crippen LogP contribution in [0.4, 0.5) is 0 Å². The van der Waals surface area contributed by atoms with Crippen molar-refractivity contribution >= 4 is 23.2 Å². The zero-order valence-electron chi connectivity index (χ0n) is 12.0. The van der Waals surface area contributed by atoms with E-state index in [-0.39, 0.29) is 42.3 Å². The molecule has 2 aliphatic rings. The van der Waals surface area contributed by atoms with Crippen LogP contribution in [0.15, 0.2) is 17.5 Å². The fraction of sp³-hybridized carbons (Fsp3) is 0.600. The number of amides is 1. The zero-order valence-corrected chi connectivity index (χ0v) is 12.8. The van der Waals surface area contributed by atoms with Gasteiger partial charge in [0.1, 0.15) is 0 Å². The van der Waals surface area contributed by atoms with Gasteiger partial charge >= 0.3 is 5.97 Å². The molecule has 0 unspecified atom stereocenters. The van der Waals surface area contributed by atoms with Crippen LogP contribution >= 0.6 is 11.3 Å². The first-order valence-corrected chi connectivity index (χ1v) is 8.15. The highest BCUT2D eigenvalue weighted by atomic mass is 32.1. The van der Waals surface area contributed by atoms with Crippen molar-refractivity contribution in [1.82, 2.24) is 4.90 Å². The van der Waals surface area contributed by atoms with Crippen LogP contribution in [0.5, 0.6) is 0 Å². The predicted molar refractivity (Wildman–Crippen MR) is 79.9 cm³/mol. The Morgan fingerprint density at radius 1 is 1.48 bits per heavy atom. The number of primary amides is 1. The lowest BCUT2D eigenvalue weighted by atomic mass is 9.79. The van der Waals surface area contributed by atoms with Gasteiger partial charge in [-0.15, -0.1) is 11.3 Å². The summed E-state index contributed by atoms with van der Waals surface area (Å²) < 4.78 is 5.01. The molecule has 2 aliphatic heterocycles. The van der Waals surface area contributed by atoms with Gasteiger partial charge in [0, 0.05) is 22.9 Å². The highest BCUT2D eigenvalue weighted by molar-refractivity contribution is 7.10. The molecule has 5 nitrogen and oxygen atoms in total. The molecule has 2 fully saturated rings. The van der Waals surface area contributed by atoms with E-state index in [1.165, 1.54) is 12.0 Å². The summed E-state index contributed by atoms with van der Waals surface area (Å²) in [5.74, 6) is -0.441. The normalized spacial score (nSPS) is 32.0. The number of piperidine rings is 1. The van der Waals surface area contributed by atoms with E-state index in [0.717, 1.165) is 19.3 Å². The van der Waals surface area contributed by atoms with Crippen molar-refractivity contribution in [2.75, 3.05) is 13.7 Å². The standard InChI is InChI=1S/C15H20N2O3S/c1-20-15(19)10-7-9-4-5-11(17(9)8-13(16)18)14(10)12-3-2-6-21-12/h2-3,6,9-11,14H,4-5,7-8H2,1H3,(H2,16,18)/t9-,10-,11+,14-/m0/s1. The number of carbonyl (C=O) groups excluding carboxylic acids is 2. The maximum absolute atomic E-state index is 12.2. The summed E-state index contributed by atoms with van der Waals surface area (Å²) in [5.41, 5.74) is 5.39. The third kappa shape index (κ3) is 2.58. The Morgan fingerprint density at radius 3 is 2.90 bits per heavy atom. The number of nitrogens with two attached hydrogens (primary N) is 1. The number of hydrogen-bond donors (Lipinski definition) is 1. The molecule has 1 aromatic rings. The van der Waals surface area contributed by atoms with Crippen molar-refractivity contribution in [2.24, 2.45) is 11.7 Å². The molecule has 3 heterocycles. The summed E-state index contributed by atoms with van der Waals surface area (Å²) in [4.78, 5) is 26.9. The van der Waals surface area contributed by atoms with Crippen LogP contribution in [0.25, 0.3) is 0 Å². The van der Waals surface area contributed by atoms with E-state index in [2.05, 4.69) is 11.0 Å². The molecule has 2 N–H and O–H groups in total. The molecule has 0 spiro atoms. The molecular weight excluding hydrogens is 288 g/mol. The number of ether oxygens (including phenoxy) is 1. The molecule has 0 saturated carbocycles. The summed E-state index contributed by atoms with van der Waals surface area (Å²) in [6, 6.07) is 4.56. The van der Waals surface area contributed by atoms with Gasteiger partial charge in [-0.3, -0.25) is 14.5 Å². The number of esters is 1. The number of nitrogens with zero attached hydrogens (tertiary/aromatic N) is 1. The third-order valence-electron chi connectivity index (χ3n) is 4.78. The van der Waals surface area contributed by atoms with Crippen LogP contribution < -0.4 is 5.73 Å². The molecule has 1 aromatic heterocycles. The van der Waals surface area contributed by atoms with Crippen LogP contribution in [-0.2, 0) is 14.3 Å². The van der Waals surface area contributed by atoms with Gasteiger partial charge in [0.05, 0.1) is 19.6 Å². The molecule has 1 amide bonds. The van der Waals surface area contributed by atoms with Gasteiger partial charge in [-0.05, 0) is 30.7 Å². The Bertz CT molecular complexity index is 531. The van der Waals surface area contributed by atoms with Crippen molar-refractivity contribution in [1.29, 1.82) is 0 Å². The summed E-state index contributed by atoms with van der Waals surface area (Å²) in [7, 11) is 1.45. The minimum absolute atomic E-state index is 0.107. The van der Waals surface area contributed by atoms with E-state index < -0.39 is 0 Å². The van der Waals surface area contributed by atoms with Crippen LogP contribution in [0.3, 0.4) is 0 Å². The highest BCUT2D eigenvalue weighted by Gasteiger charge is 2.50. The minimum atomic E-state index is -0.298. The second kappa shape index (κ2) is 5.77. The van der Waals surface area contributed by atoms with E-state index in [0.29, 0.717) is 0 Å². The summed E-state index contributed by atoms with van der Waals surface area (Å²) in [6.45, 7) is 0.283. The van der Waals surface area contributed by atoms with E-state index >= 15 is 0 Å². The quantitative estimate of drug-likeness (QED) is 0.852. The molecule has 114 valence electrons. The zero-order chi connectivity index (χ0) is 15.0. The molecule has 0 aliphatic carbocycles. The largest absolute Gasteiger partial charge is 0.469 e. The van der Waals surface area contributed by atoms with E-state index in [9.17, 15) is 9.59 Å². The first-order valence-electron chi connectivity index (χ1n) is 7.27. The van der Waals surface area contributed by atoms with Gasteiger partial charge in [0.25, 0.3) is 0 Å². The molecule has 4 atom stereocenters. The topological polar surface area (TPSA) is 72.6 Å². The summed E-state index contributed by atoms with van der Waals surface area (Å²) >= 11 is 1.67.